The van der Waals surface area contributed by atoms with Crippen molar-refractivity contribution in [3.05, 3.63) is 24.4 Å². The lowest BCUT2D eigenvalue weighted by Crippen LogP contribution is -1.87. The first-order valence-electron chi connectivity index (χ1n) is 2.98. The molecule has 0 amide bonds. The fraction of sp³-hybridized carbons (Fsp3) is 0.167. The zero-order chi connectivity index (χ0) is 6.97. The molecule has 0 N–H and O–H groups in total. The van der Waals surface area contributed by atoms with Crippen molar-refractivity contribution in [2.75, 3.05) is 0 Å². The van der Waals surface area contributed by atoms with Gasteiger partial charge >= 0.3 is 0 Å². The van der Waals surface area contributed by atoms with Crippen LogP contribution in [-0.2, 0) is 0 Å². The molecule has 4 nitrogen and oxygen atoms in total. The second-order valence-corrected chi connectivity index (χ2v) is 2.14. The highest BCUT2D eigenvalue weighted by atomic mass is 15.2. The van der Waals surface area contributed by atoms with Gasteiger partial charge in [0, 0.05) is 11.8 Å². The smallest absolute Gasteiger partial charge is 0.166 e. The molecule has 0 unspecified atom stereocenters. The molecule has 0 aromatic carbocycles. The van der Waals surface area contributed by atoms with Gasteiger partial charge in [0.15, 0.2) is 5.65 Å². The maximum atomic E-state index is 3.97. The predicted molar refractivity (Wildman–Crippen MR) is 35.5 cm³/mol. The van der Waals surface area contributed by atoms with E-state index in [1.807, 2.05) is 6.92 Å². The van der Waals surface area contributed by atoms with Crippen LogP contribution in [0.3, 0.4) is 0 Å². The Morgan fingerprint density at radius 3 is 3.10 bits per heavy atom. The van der Waals surface area contributed by atoms with Crippen molar-refractivity contribution < 1.29 is 0 Å². The maximum absolute atomic E-state index is 3.97. The normalized spacial score (nSPS) is 10.5. The molecular formula is C6H6N4. The summed E-state index contributed by atoms with van der Waals surface area (Å²) in [6, 6.07) is 0. The second kappa shape index (κ2) is 1.76. The number of aryl methyl sites for hydroxylation is 1. The fourth-order valence-electron chi connectivity index (χ4n) is 0.884. The summed E-state index contributed by atoms with van der Waals surface area (Å²) >= 11 is 0. The van der Waals surface area contributed by atoms with Crippen LogP contribution in [0.2, 0.25) is 0 Å². The molecule has 0 aliphatic heterocycles. The molecule has 2 aromatic heterocycles. The quantitative estimate of drug-likeness (QED) is 0.524. The van der Waals surface area contributed by atoms with Crippen molar-refractivity contribution in [3.8, 4) is 0 Å². The topological polar surface area (TPSA) is 43.1 Å². The van der Waals surface area contributed by atoms with Gasteiger partial charge in [-0.25, -0.2) is 4.98 Å². The summed E-state index contributed by atoms with van der Waals surface area (Å²) in [5.74, 6) is 0. The van der Waals surface area contributed by atoms with Gasteiger partial charge in [-0.15, -0.1) is 10.2 Å². The van der Waals surface area contributed by atoms with Gasteiger partial charge in [0.1, 0.15) is 12.7 Å². The highest BCUT2D eigenvalue weighted by Gasteiger charge is 1.95. The van der Waals surface area contributed by atoms with Crippen LogP contribution in [0.15, 0.2) is 18.9 Å². The van der Waals surface area contributed by atoms with E-state index in [0.29, 0.717) is 0 Å². The lowest BCUT2D eigenvalue weighted by atomic mass is 10.4. The Labute approximate surface area is 57.5 Å². The minimum absolute atomic E-state index is 0.870. The standard InChI is InChI=1S/C6H6N4/c1-5-2-7-3-10-4-8-9-6(5)10/h2-4H,1H3. The average molecular weight is 134 g/mol. The number of aromatic nitrogens is 4. The van der Waals surface area contributed by atoms with Crippen LogP contribution in [0.1, 0.15) is 5.56 Å². The number of hydrogen-bond acceptors (Lipinski definition) is 3. The monoisotopic (exact) mass is 134 g/mol. The first-order valence-corrected chi connectivity index (χ1v) is 2.98. The minimum Gasteiger partial charge on any atom is -0.272 e. The zero-order valence-corrected chi connectivity index (χ0v) is 5.52. The molecule has 4 heteroatoms. The van der Waals surface area contributed by atoms with E-state index in [9.17, 15) is 0 Å². The summed E-state index contributed by atoms with van der Waals surface area (Å²) in [4.78, 5) is 3.97. The molecule has 2 heterocycles. The van der Waals surface area contributed by atoms with Gasteiger partial charge < -0.3 is 0 Å². The van der Waals surface area contributed by atoms with Gasteiger partial charge in [-0.2, -0.15) is 0 Å². The van der Waals surface area contributed by atoms with Gasteiger partial charge in [0.05, 0.1) is 0 Å². The van der Waals surface area contributed by atoms with Crippen molar-refractivity contribution in [1.29, 1.82) is 0 Å². The van der Waals surface area contributed by atoms with Crippen LogP contribution in [0.5, 0.6) is 0 Å². The van der Waals surface area contributed by atoms with Gasteiger partial charge in [-0.1, -0.05) is 0 Å². The SMILES string of the molecule is Cc1cncn2cnnc12. The summed E-state index contributed by atoms with van der Waals surface area (Å²) in [6.45, 7) is 1.96. The zero-order valence-electron chi connectivity index (χ0n) is 5.52. The van der Waals surface area contributed by atoms with Crippen LogP contribution in [0, 0.1) is 6.92 Å². The molecular weight excluding hydrogens is 128 g/mol. The fourth-order valence-corrected chi connectivity index (χ4v) is 0.884. The molecule has 2 aromatic rings. The molecule has 0 saturated carbocycles. The second-order valence-electron chi connectivity index (χ2n) is 2.14. The van der Waals surface area contributed by atoms with Gasteiger partial charge in [0.2, 0.25) is 0 Å². The van der Waals surface area contributed by atoms with E-state index in [4.69, 9.17) is 0 Å². The molecule has 0 radical (unpaired) electrons. The third-order valence-electron chi connectivity index (χ3n) is 1.39. The van der Waals surface area contributed by atoms with Gasteiger partial charge in [0.25, 0.3) is 0 Å². The van der Waals surface area contributed by atoms with Crippen LogP contribution in [0.25, 0.3) is 5.65 Å². The highest BCUT2D eigenvalue weighted by molar-refractivity contribution is 5.42. The summed E-state index contributed by atoms with van der Waals surface area (Å²) < 4.78 is 1.79. The van der Waals surface area contributed by atoms with Gasteiger partial charge in [-0.3, -0.25) is 4.40 Å². The molecule has 0 aliphatic rings. The Balaban J connectivity index is 2.95. The molecule has 0 aliphatic carbocycles. The van der Waals surface area contributed by atoms with Crippen LogP contribution >= 0.6 is 0 Å². The van der Waals surface area contributed by atoms with Crippen molar-refractivity contribution in [2.45, 2.75) is 6.92 Å². The summed E-state index contributed by atoms with van der Waals surface area (Å²) in [7, 11) is 0. The van der Waals surface area contributed by atoms with E-state index in [-0.39, 0.29) is 0 Å². The van der Waals surface area contributed by atoms with Crippen molar-refractivity contribution in [3.63, 3.8) is 0 Å². The summed E-state index contributed by atoms with van der Waals surface area (Å²) in [6.07, 6.45) is 5.08. The van der Waals surface area contributed by atoms with Crippen LogP contribution in [0.4, 0.5) is 0 Å². The van der Waals surface area contributed by atoms with E-state index in [1.54, 1.807) is 23.3 Å². The molecule has 0 spiro atoms. The van der Waals surface area contributed by atoms with Crippen LogP contribution in [-0.4, -0.2) is 19.6 Å². The van der Waals surface area contributed by atoms with Crippen molar-refractivity contribution in [2.24, 2.45) is 0 Å². The largest absolute Gasteiger partial charge is 0.272 e. The summed E-state index contributed by atoms with van der Waals surface area (Å²) in [5, 5.41) is 7.63. The van der Waals surface area contributed by atoms with E-state index >= 15 is 0 Å². The number of hydrogen-bond donors (Lipinski definition) is 0. The van der Waals surface area contributed by atoms with E-state index in [1.165, 1.54) is 0 Å². The molecule has 2 rings (SSSR count). The number of rotatable bonds is 0. The maximum Gasteiger partial charge on any atom is 0.166 e. The Kier molecular flexibility index (Phi) is 0.943. The Hall–Kier alpha value is -1.45. The molecule has 0 saturated heterocycles. The van der Waals surface area contributed by atoms with Crippen LogP contribution < -0.4 is 0 Å². The van der Waals surface area contributed by atoms with Crippen molar-refractivity contribution in [1.82, 2.24) is 19.6 Å². The number of nitrogens with zero attached hydrogens (tertiary/aromatic N) is 4. The van der Waals surface area contributed by atoms with E-state index in [0.717, 1.165) is 11.2 Å². The highest BCUT2D eigenvalue weighted by Crippen LogP contribution is 2.01. The van der Waals surface area contributed by atoms with Gasteiger partial charge in [-0.05, 0) is 6.92 Å². The molecule has 10 heavy (non-hydrogen) atoms. The lowest BCUT2D eigenvalue weighted by molar-refractivity contribution is 1.06. The minimum atomic E-state index is 0.870. The van der Waals surface area contributed by atoms with E-state index < -0.39 is 0 Å². The summed E-state index contributed by atoms with van der Waals surface area (Å²) in [5.41, 5.74) is 1.91. The molecule has 0 bridgehead atoms. The van der Waals surface area contributed by atoms with Crippen molar-refractivity contribution >= 4 is 5.65 Å². The Morgan fingerprint density at radius 2 is 2.30 bits per heavy atom. The Bertz CT molecular complexity index is 351. The average Bonchev–Trinajstić information content (AvgIpc) is 2.36. The molecule has 0 fully saturated rings. The molecule has 0 atom stereocenters. The first-order chi connectivity index (χ1) is 4.88. The lowest BCUT2D eigenvalue weighted by Gasteiger charge is -1.91. The third-order valence-corrected chi connectivity index (χ3v) is 1.39. The predicted octanol–water partition coefficient (Wildman–Crippen LogP) is 0.433. The van der Waals surface area contributed by atoms with E-state index in [2.05, 4.69) is 15.2 Å². The number of fused-ring (bicyclic) bond motifs is 1. The molecule has 50 valence electrons. The first kappa shape index (κ1) is 5.34. The Morgan fingerprint density at radius 1 is 1.40 bits per heavy atom. The third kappa shape index (κ3) is 0.586.